The number of nitrogens with zero attached hydrogens (tertiary/aromatic N) is 2. The molecule has 154 valence electrons. The molecule has 0 bridgehead atoms. The van der Waals surface area contributed by atoms with E-state index in [2.05, 4.69) is 23.7 Å². The number of nitrogens with one attached hydrogen (secondary N) is 1. The molecule has 0 unspecified atom stereocenters. The second kappa shape index (κ2) is 10.7. The van der Waals surface area contributed by atoms with Crippen LogP contribution >= 0.6 is 0 Å². The predicted octanol–water partition coefficient (Wildman–Crippen LogP) is 4.05. The molecule has 28 heavy (non-hydrogen) atoms. The van der Waals surface area contributed by atoms with Crippen LogP contribution in [0.25, 0.3) is 0 Å². The standard InChI is InChI=1S/C22H33N3O3/c1-5-7-12-23-21(26)20-11-10-19(28-20)16-24-14-8-9-18(24)15-25(13-6-2)22(27)17(3)4/h8-11,14,17H,5-7,12-13,15-16H2,1-4H3,(H,23,26). The lowest BCUT2D eigenvalue weighted by Gasteiger charge is -2.24. The molecule has 0 aromatic carbocycles. The van der Waals surface area contributed by atoms with Gasteiger partial charge in [0.25, 0.3) is 5.91 Å². The Balaban J connectivity index is 2.04. The first-order valence-electron chi connectivity index (χ1n) is 10.3. The van der Waals surface area contributed by atoms with Gasteiger partial charge < -0.3 is 19.2 Å². The molecule has 6 nitrogen and oxygen atoms in total. The highest BCUT2D eigenvalue weighted by atomic mass is 16.4. The van der Waals surface area contributed by atoms with Crippen molar-refractivity contribution in [2.24, 2.45) is 5.92 Å². The number of rotatable bonds is 11. The van der Waals surface area contributed by atoms with Crippen molar-refractivity contribution < 1.29 is 14.0 Å². The zero-order valence-corrected chi connectivity index (χ0v) is 17.5. The highest BCUT2D eigenvalue weighted by Crippen LogP contribution is 2.15. The molecule has 0 radical (unpaired) electrons. The largest absolute Gasteiger partial charge is 0.454 e. The van der Waals surface area contributed by atoms with Crippen LogP contribution < -0.4 is 5.32 Å². The monoisotopic (exact) mass is 387 g/mol. The van der Waals surface area contributed by atoms with Crippen LogP contribution in [0, 0.1) is 5.92 Å². The van der Waals surface area contributed by atoms with Crippen LogP contribution in [-0.2, 0) is 17.9 Å². The third kappa shape index (κ3) is 6.01. The number of aromatic nitrogens is 1. The highest BCUT2D eigenvalue weighted by molar-refractivity contribution is 5.91. The number of carbonyl (C=O) groups is 2. The summed E-state index contributed by atoms with van der Waals surface area (Å²) in [5.74, 6) is 1.02. The van der Waals surface area contributed by atoms with Crippen molar-refractivity contribution >= 4 is 11.8 Å². The topological polar surface area (TPSA) is 67.5 Å². The average Bonchev–Trinajstić information content (AvgIpc) is 3.31. The summed E-state index contributed by atoms with van der Waals surface area (Å²) < 4.78 is 7.79. The minimum atomic E-state index is -0.177. The van der Waals surface area contributed by atoms with Gasteiger partial charge in [-0.2, -0.15) is 0 Å². The number of unbranched alkanes of at least 4 members (excludes halogenated alkanes) is 1. The molecule has 0 aliphatic carbocycles. The summed E-state index contributed by atoms with van der Waals surface area (Å²) in [4.78, 5) is 26.5. The number of amides is 2. The maximum Gasteiger partial charge on any atom is 0.286 e. The zero-order chi connectivity index (χ0) is 20.5. The maximum atomic E-state index is 12.5. The van der Waals surface area contributed by atoms with E-state index in [0.29, 0.717) is 25.4 Å². The molecule has 2 amide bonds. The Morgan fingerprint density at radius 1 is 1.18 bits per heavy atom. The van der Waals surface area contributed by atoms with Crippen LogP contribution in [0.15, 0.2) is 34.9 Å². The lowest BCUT2D eigenvalue weighted by atomic mass is 10.2. The minimum Gasteiger partial charge on any atom is -0.454 e. The van der Waals surface area contributed by atoms with Gasteiger partial charge >= 0.3 is 0 Å². The number of furan rings is 1. The van der Waals surface area contributed by atoms with Gasteiger partial charge in [0.2, 0.25) is 5.91 Å². The molecular weight excluding hydrogens is 354 g/mol. The summed E-state index contributed by atoms with van der Waals surface area (Å²) in [5.41, 5.74) is 1.05. The van der Waals surface area contributed by atoms with Crippen LogP contribution in [0.5, 0.6) is 0 Å². The van der Waals surface area contributed by atoms with Crippen molar-refractivity contribution in [3.63, 3.8) is 0 Å². The van der Waals surface area contributed by atoms with E-state index in [-0.39, 0.29) is 17.7 Å². The van der Waals surface area contributed by atoms with Gasteiger partial charge in [-0.15, -0.1) is 0 Å². The minimum absolute atomic E-state index is 0.0196. The molecule has 2 heterocycles. The molecular formula is C22H33N3O3. The molecule has 6 heteroatoms. The van der Waals surface area contributed by atoms with Crippen LogP contribution in [0.4, 0.5) is 0 Å². The number of hydrogen-bond donors (Lipinski definition) is 1. The van der Waals surface area contributed by atoms with Gasteiger partial charge in [0.15, 0.2) is 5.76 Å². The van der Waals surface area contributed by atoms with Crippen LogP contribution in [0.1, 0.15) is 69.0 Å². The fraction of sp³-hybridized carbons (Fsp3) is 0.545. The number of carbonyl (C=O) groups excluding carboxylic acids is 2. The van der Waals surface area contributed by atoms with Gasteiger partial charge in [-0.3, -0.25) is 9.59 Å². The molecule has 0 aliphatic heterocycles. The fourth-order valence-electron chi connectivity index (χ4n) is 3.06. The smallest absolute Gasteiger partial charge is 0.286 e. The second-order valence-electron chi connectivity index (χ2n) is 7.42. The Hall–Kier alpha value is -2.50. The Bertz CT molecular complexity index is 761. The first kappa shape index (κ1) is 21.8. The van der Waals surface area contributed by atoms with Crippen LogP contribution in [0.3, 0.4) is 0 Å². The maximum absolute atomic E-state index is 12.5. The molecule has 0 saturated carbocycles. The SMILES string of the molecule is CCCCNC(=O)c1ccc(Cn2cccc2CN(CCC)C(=O)C(C)C)o1. The molecule has 0 fully saturated rings. The summed E-state index contributed by atoms with van der Waals surface area (Å²) in [7, 11) is 0. The molecule has 0 aliphatic rings. The van der Waals surface area contributed by atoms with Crippen molar-refractivity contribution in [2.45, 2.75) is 60.0 Å². The summed E-state index contributed by atoms with van der Waals surface area (Å²) in [5, 5.41) is 2.86. The van der Waals surface area contributed by atoms with E-state index in [1.807, 2.05) is 43.1 Å². The fourth-order valence-corrected chi connectivity index (χ4v) is 3.06. The second-order valence-corrected chi connectivity index (χ2v) is 7.42. The van der Waals surface area contributed by atoms with Crippen molar-refractivity contribution in [3.05, 3.63) is 47.7 Å². The van der Waals surface area contributed by atoms with Gasteiger partial charge in [-0.05, 0) is 37.1 Å². The molecule has 1 N–H and O–H groups in total. The van der Waals surface area contributed by atoms with Crippen LogP contribution in [-0.4, -0.2) is 34.4 Å². The molecule has 0 saturated heterocycles. The molecule has 2 aromatic heterocycles. The van der Waals surface area contributed by atoms with Gasteiger partial charge in [-0.25, -0.2) is 0 Å². The van der Waals surface area contributed by atoms with Crippen LogP contribution in [0.2, 0.25) is 0 Å². The summed E-state index contributed by atoms with van der Waals surface area (Å²) in [6.07, 6.45) is 4.89. The number of hydrogen-bond acceptors (Lipinski definition) is 3. The molecule has 0 spiro atoms. The predicted molar refractivity (Wildman–Crippen MR) is 110 cm³/mol. The van der Waals surface area contributed by atoms with E-state index >= 15 is 0 Å². The first-order chi connectivity index (χ1) is 13.5. The van der Waals surface area contributed by atoms with Gasteiger partial charge in [0.05, 0.1) is 13.1 Å². The van der Waals surface area contributed by atoms with E-state index in [1.54, 1.807) is 6.07 Å². The molecule has 2 aromatic rings. The van der Waals surface area contributed by atoms with Gasteiger partial charge in [-0.1, -0.05) is 34.1 Å². The Labute approximate surface area is 167 Å². The Kier molecular flexibility index (Phi) is 8.36. The van der Waals surface area contributed by atoms with Gasteiger partial charge in [0, 0.05) is 30.9 Å². The van der Waals surface area contributed by atoms with E-state index in [4.69, 9.17) is 4.42 Å². The highest BCUT2D eigenvalue weighted by Gasteiger charge is 2.18. The van der Waals surface area contributed by atoms with E-state index in [9.17, 15) is 9.59 Å². The van der Waals surface area contributed by atoms with E-state index in [1.165, 1.54) is 0 Å². The van der Waals surface area contributed by atoms with Crippen molar-refractivity contribution in [3.8, 4) is 0 Å². The zero-order valence-electron chi connectivity index (χ0n) is 17.5. The Morgan fingerprint density at radius 2 is 1.96 bits per heavy atom. The van der Waals surface area contributed by atoms with E-state index in [0.717, 1.165) is 37.3 Å². The van der Waals surface area contributed by atoms with Crippen molar-refractivity contribution in [2.75, 3.05) is 13.1 Å². The summed E-state index contributed by atoms with van der Waals surface area (Å²) in [6.45, 7) is 10.5. The summed E-state index contributed by atoms with van der Waals surface area (Å²) in [6, 6.07) is 7.55. The first-order valence-corrected chi connectivity index (χ1v) is 10.3. The lowest BCUT2D eigenvalue weighted by molar-refractivity contribution is -0.135. The van der Waals surface area contributed by atoms with Crippen molar-refractivity contribution in [1.29, 1.82) is 0 Å². The summed E-state index contributed by atoms with van der Waals surface area (Å²) >= 11 is 0. The molecule has 2 rings (SSSR count). The van der Waals surface area contributed by atoms with Crippen molar-refractivity contribution in [1.82, 2.24) is 14.8 Å². The average molecular weight is 388 g/mol. The lowest BCUT2D eigenvalue weighted by Crippen LogP contribution is -2.35. The third-order valence-electron chi connectivity index (χ3n) is 4.60. The quantitative estimate of drug-likeness (QED) is 0.591. The van der Waals surface area contributed by atoms with E-state index < -0.39 is 0 Å². The normalized spacial score (nSPS) is 11.0. The molecule has 0 atom stereocenters. The Morgan fingerprint density at radius 3 is 2.64 bits per heavy atom. The van der Waals surface area contributed by atoms with Gasteiger partial charge in [0.1, 0.15) is 5.76 Å². The third-order valence-corrected chi connectivity index (χ3v) is 4.60.